The third kappa shape index (κ3) is 3.93. The van der Waals surface area contributed by atoms with Crippen molar-refractivity contribution in [1.82, 2.24) is 4.90 Å². The average Bonchev–Trinajstić information content (AvgIpc) is 2.59. The molecule has 0 aliphatic carbocycles. The molecule has 1 saturated heterocycles. The van der Waals surface area contributed by atoms with Gasteiger partial charge in [0.15, 0.2) is 0 Å². The first kappa shape index (κ1) is 14.8. The van der Waals surface area contributed by atoms with E-state index in [9.17, 15) is 14.0 Å². The molecule has 1 aliphatic rings. The molecule has 1 fully saturated rings. The van der Waals surface area contributed by atoms with Gasteiger partial charge in [0.05, 0.1) is 12.2 Å². The predicted molar refractivity (Wildman–Crippen MR) is 75.1 cm³/mol. The fourth-order valence-corrected chi connectivity index (χ4v) is 2.32. The Hall–Kier alpha value is -1.62. The monoisotopic (exact) mass is 298 g/mol. The van der Waals surface area contributed by atoms with Crippen LogP contribution in [0.4, 0.5) is 10.1 Å². The molecule has 2 amide bonds. The van der Waals surface area contributed by atoms with Gasteiger partial charge in [0.25, 0.3) is 0 Å². The number of hydrogen-bond donors (Lipinski definition) is 1. The third-order valence-electron chi connectivity index (χ3n) is 3.21. The molecule has 1 heterocycles. The van der Waals surface area contributed by atoms with Crippen molar-refractivity contribution in [3.63, 3.8) is 0 Å². The van der Waals surface area contributed by atoms with E-state index in [4.69, 9.17) is 11.6 Å². The van der Waals surface area contributed by atoms with E-state index in [1.54, 1.807) is 0 Å². The van der Waals surface area contributed by atoms with Crippen LogP contribution in [0.5, 0.6) is 0 Å². The molecular weight excluding hydrogens is 283 g/mol. The molecule has 0 saturated carbocycles. The Kier molecular flexibility index (Phi) is 4.95. The fourth-order valence-electron chi connectivity index (χ4n) is 2.16. The number of rotatable bonds is 3. The van der Waals surface area contributed by atoms with Crippen LogP contribution in [0, 0.1) is 5.82 Å². The van der Waals surface area contributed by atoms with E-state index in [-0.39, 0.29) is 23.2 Å². The van der Waals surface area contributed by atoms with Gasteiger partial charge < -0.3 is 10.2 Å². The number of nitrogens with zero attached hydrogens (tertiary/aromatic N) is 1. The smallest absolute Gasteiger partial charge is 0.244 e. The van der Waals surface area contributed by atoms with Crippen LogP contribution < -0.4 is 5.32 Å². The van der Waals surface area contributed by atoms with Crippen LogP contribution in [0.15, 0.2) is 18.2 Å². The Morgan fingerprint density at radius 3 is 2.90 bits per heavy atom. The van der Waals surface area contributed by atoms with E-state index < -0.39 is 11.7 Å². The third-order valence-corrected chi connectivity index (χ3v) is 3.45. The number of nitrogens with one attached hydrogen (secondary N) is 1. The van der Waals surface area contributed by atoms with Crippen LogP contribution in [0.2, 0.25) is 5.02 Å². The van der Waals surface area contributed by atoms with Crippen molar-refractivity contribution in [1.29, 1.82) is 0 Å². The predicted octanol–water partition coefficient (Wildman–Crippen LogP) is 2.82. The first-order chi connectivity index (χ1) is 9.56. The molecule has 0 bridgehead atoms. The largest absolute Gasteiger partial charge is 0.333 e. The molecule has 1 aromatic rings. The van der Waals surface area contributed by atoms with Gasteiger partial charge in [0, 0.05) is 18.0 Å². The van der Waals surface area contributed by atoms with Crippen molar-refractivity contribution in [3.8, 4) is 0 Å². The van der Waals surface area contributed by atoms with Gasteiger partial charge >= 0.3 is 0 Å². The maximum Gasteiger partial charge on any atom is 0.244 e. The van der Waals surface area contributed by atoms with Gasteiger partial charge in [-0.1, -0.05) is 18.0 Å². The Morgan fingerprint density at radius 2 is 2.15 bits per heavy atom. The Labute approximate surface area is 121 Å². The Morgan fingerprint density at radius 1 is 1.35 bits per heavy atom. The molecule has 0 spiro atoms. The molecule has 1 aliphatic heterocycles. The first-order valence-electron chi connectivity index (χ1n) is 6.59. The number of benzene rings is 1. The summed E-state index contributed by atoms with van der Waals surface area (Å²) < 4.78 is 13.6. The van der Waals surface area contributed by atoms with Gasteiger partial charge in [-0.25, -0.2) is 4.39 Å². The van der Waals surface area contributed by atoms with Crippen LogP contribution in [0.25, 0.3) is 0 Å². The summed E-state index contributed by atoms with van der Waals surface area (Å²) in [6.45, 7) is 0.538. The van der Waals surface area contributed by atoms with Crippen LogP contribution in [0.3, 0.4) is 0 Å². The minimum Gasteiger partial charge on any atom is -0.333 e. The second kappa shape index (κ2) is 6.70. The Balaban J connectivity index is 1.96. The van der Waals surface area contributed by atoms with Gasteiger partial charge in [0.2, 0.25) is 11.8 Å². The molecule has 4 nitrogen and oxygen atoms in total. The molecule has 108 valence electrons. The molecule has 20 heavy (non-hydrogen) atoms. The van der Waals surface area contributed by atoms with E-state index in [2.05, 4.69) is 5.32 Å². The summed E-state index contributed by atoms with van der Waals surface area (Å²) in [7, 11) is 0. The highest BCUT2D eigenvalue weighted by Gasteiger charge is 2.19. The summed E-state index contributed by atoms with van der Waals surface area (Å²) >= 11 is 5.64. The quantitative estimate of drug-likeness (QED) is 0.933. The van der Waals surface area contributed by atoms with Crippen molar-refractivity contribution < 1.29 is 14.0 Å². The number of likely N-dealkylation sites (tertiary alicyclic amines) is 1. The maximum absolute atomic E-state index is 13.6. The maximum atomic E-state index is 13.6. The van der Waals surface area contributed by atoms with Crippen LogP contribution in [-0.4, -0.2) is 29.8 Å². The zero-order valence-electron chi connectivity index (χ0n) is 11.0. The van der Waals surface area contributed by atoms with E-state index in [0.717, 1.165) is 25.3 Å². The van der Waals surface area contributed by atoms with E-state index in [1.165, 1.54) is 17.0 Å². The molecule has 0 atom stereocenters. The van der Waals surface area contributed by atoms with Crippen LogP contribution in [-0.2, 0) is 9.59 Å². The number of anilines is 1. The molecule has 0 unspecified atom stereocenters. The summed E-state index contributed by atoms with van der Waals surface area (Å²) in [5.74, 6) is -1.01. The van der Waals surface area contributed by atoms with E-state index >= 15 is 0 Å². The highest BCUT2D eigenvalue weighted by Crippen LogP contribution is 2.19. The van der Waals surface area contributed by atoms with Gasteiger partial charge in [-0.05, 0) is 31.0 Å². The zero-order chi connectivity index (χ0) is 14.5. The topological polar surface area (TPSA) is 49.4 Å². The number of carbonyl (C=O) groups excluding carboxylic acids is 2. The fraction of sp³-hybridized carbons (Fsp3) is 0.429. The Bertz CT molecular complexity index is 522. The second-order valence-electron chi connectivity index (χ2n) is 4.80. The van der Waals surface area contributed by atoms with Crippen molar-refractivity contribution >= 4 is 29.1 Å². The van der Waals surface area contributed by atoms with Crippen molar-refractivity contribution in [3.05, 3.63) is 29.0 Å². The lowest BCUT2D eigenvalue weighted by atomic mass is 10.2. The molecule has 1 N–H and O–H groups in total. The summed E-state index contributed by atoms with van der Waals surface area (Å²) in [6.07, 6.45) is 3.23. The number of carbonyl (C=O) groups is 2. The summed E-state index contributed by atoms with van der Waals surface area (Å²) in [5.41, 5.74) is 0.0710. The van der Waals surface area contributed by atoms with E-state index in [0.29, 0.717) is 13.0 Å². The highest BCUT2D eigenvalue weighted by molar-refractivity contribution is 6.30. The lowest BCUT2D eigenvalue weighted by Gasteiger charge is -2.19. The first-order valence-corrected chi connectivity index (χ1v) is 6.97. The summed E-state index contributed by atoms with van der Waals surface area (Å²) in [4.78, 5) is 25.2. The van der Waals surface area contributed by atoms with Crippen molar-refractivity contribution in [2.45, 2.75) is 25.7 Å². The number of halogens is 2. The lowest BCUT2D eigenvalue weighted by molar-refractivity contribution is -0.134. The molecular formula is C14H16ClFN2O2. The van der Waals surface area contributed by atoms with Gasteiger partial charge in [-0.15, -0.1) is 0 Å². The van der Waals surface area contributed by atoms with Gasteiger partial charge in [-0.2, -0.15) is 0 Å². The highest BCUT2D eigenvalue weighted by atomic mass is 35.5. The molecule has 0 aromatic heterocycles. The molecule has 2 rings (SSSR count). The molecule has 1 aromatic carbocycles. The van der Waals surface area contributed by atoms with Crippen molar-refractivity contribution in [2.75, 3.05) is 18.4 Å². The SMILES string of the molecule is O=C(CN1CCCCCC1=O)Nc1ccc(Cl)cc1F. The second-order valence-corrected chi connectivity index (χ2v) is 5.23. The summed E-state index contributed by atoms with van der Waals surface area (Å²) in [5, 5.41) is 2.73. The van der Waals surface area contributed by atoms with E-state index in [1.807, 2.05) is 0 Å². The zero-order valence-corrected chi connectivity index (χ0v) is 11.8. The minimum absolute atomic E-state index is 0.0192. The van der Waals surface area contributed by atoms with Crippen LogP contribution >= 0.6 is 11.6 Å². The van der Waals surface area contributed by atoms with Crippen molar-refractivity contribution in [2.24, 2.45) is 0 Å². The van der Waals surface area contributed by atoms with Crippen LogP contribution in [0.1, 0.15) is 25.7 Å². The normalized spacial score (nSPS) is 15.9. The summed E-state index contributed by atoms with van der Waals surface area (Å²) in [6, 6.07) is 4.03. The minimum atomic E-state index is -0.590. The average molecular weight is 299 g/mol. The standard InChI is InChI=1S/C14H16ClFN2O2/c15-10-5-6-12(11(16)8-10)17-13(19)9-18-7-3-1-2-4-14(18)20/h5-6,8H,1-4,7,9H2,(H,17,19). The number of hydrogen-bond acceptors (Lipinski definition) is 2. The lowest BCUT2D eigenvalue weighted by Crippen LogP contribution is -2.37. The number of amides is 2. The van der Waals surface area contributed by atoms with Gasteiger partial charge in [0.1, 0.15) is 5.82 Å². The molecule has 6 heteroatoms. The van der Waals surface area contributed by atoms with Gasteiger partial charge in [-0.3, -0.25) is 9.59 Å². The molecule has 0 radical (unpaired) electrons.